The number of methoxy groups -OCH3 is 3. The molecule has 0 aliphatic heterocycles. The Morgan fingerprint density at radius 1 is 0.765 bits per heavy atom. The first-order valence-electron chi connectivity index (χ1n) is 10.7. The number of carbonyl (C=O) groups excluding carboxylic acids is 2. The third kappa shape index (κ3) is 5.84. The van der Waals surface area contributed by atoms with Gasteiger partial charge < -0.3 is 18.9 Å². The lowest BCUT2D eigenvalue weighted by Gasteiger charge is -2.17. The number of hydrogen-bond acceptors (Lipinski definition) is 6. The summed E-state index contributed by atoms with van der Waals surface area (Å²) in [4.78, 5) is 26.0. The van der Waals surface area contributed by atoms with Crippen molar-refractivity contribution in [3.05, 3.63) is 94.6 Å². The monoisotopic (exact) mass is 460 g/mol. The van der Waals surface area contributed by atoms with E-state index in [1.54, 1.807) is 42.5 Å². The second kappa shape index (κ2) is 11.2. The zero-order valence-electron chi connectivity index (χ0n) is 20.0. The maximum Gasteiger partial charge on any atom is 0.331 e. The van der Waals surface area contributed by atoms with Gasteiger partial charge in [0, 0.05) is 17.2 Å². The van der Waals surface area contributed by atoms with Crippen molar-refractivity contribution >= 4 is 17.8 Å². The Morgan fingerprint density at radius 2 is 1.29 bits per heavy atom. The fourth-order valence-electron chi connectivity index (χ4n) is 3.40. The van der Waals surface area contributed by atoms with Crippen molar-refractivity contribution < 1.29 is 28.5 Å². The van der Waals surface area contributed by atoms with E-state index in [4.69, 9.17) is 18.9 Å². The topological polar surface area (TPSA) is 71.1 Å². The summed E-state index contributed by atoms with van der Waals surface area (Å²) >= 11 is 0. The minimum atomic E-state index is -1.07. The van der Waals surface area contributed by atoms with Crippen molar-refractivity contribution in [1.29, 1.82) is 0 Å². The van der Waals surface area contributed by atoms with Crippen LogP contribution in [0.15, 0.2) is 66.7 Å². The highest BCUT2D eigenvalue weighted by molar-refractivity contribution is 6.01. The van der Waals surface area contributed by atoms with E-state index in [1.807, 2.05) is 38.1 Å². The fourth-order valence-corrected chi connectivity index (χ4v) is 3.40. The van der Waals surface area contributed by atoms with Gasteiger partial charge in [-0.3, -0.25) is 4.79 Å². The molecule has 0 heterocycles. The third-order valence-corrected chi connectivity index (χ3v) is 5.29. The van der Waals surface area contributed by atoms with Crippen LogP contribution in [0.5, 0.6) is 17.2 Å². The van der Waals surface area contributed by atoms with Crippen LogP contribution in [-0.2, 0) is 9.53 Å². The summed E-state index contributed by atoms with van der Waals surface area (Å²) in [5.41, 5.74) is 3.79. The van der Waals surface area contributed by atoms with Crippen LogP contribution in [0.1, 0.15) is 38.7 Å². The molecule has 0 fully saturated rings. The van der Waals surface area contributed by atoms with E-state index in [1.165, 1.54) is 27.4 Å². The SMILES string of the molecule is COc1cc(C=CC(=O)OC(C(=O)c2ccc(C)cc2)c2ccc(C)cc2)cc(OC)c1OC. The first-order chi connectivity index (χ1) is 16.4. The van der Waals surface area contributed by atoms with Crippen LogP contribution in [-0.4, -0.2) is 33.1 Å². The highest BCUT2D eigenvalue weighted by Crippen LogP contribution is 2.38. The van der Waals surface area contributed by atoms with E-state index >= 15 is 0 Å². The maximum absolute atomic E-state index is 13.2. The van der Waals surface area contributed by atoms with Crippen molar-refractivity contribution in [1.82, 2.24) is 0 Å². The van der Waals surface area contributed by atoms with Crippen molar-refractivity contribution in [3.63, 3.8) is 0 Å². The molecule has 3 aromatic carbocycles. The zero-order chi connectivity index (χ0) is 24.7. The average molecular weight is 461 g/mol. The van der Waals surface area contributed by atoms with Crippen LogP contribution >= 0.6 is 0 Å². The van der Waals surface area contributed by atoms with Crippen molar-refractivity contribution in [2.75, 3.05) is 21.3 Å². The van der Waals surface area contributed by atoms with Crippen LogP contribution in [0, 0.1) is 13.8 Å². The van der Waals surface area contributed by atoms with Crippen LogP contribution in [0.2, 0.25) is 0 Å². The molecule has 0 amide bonds. The van der Waals surface area contributed by atoms with Gasteiger partial charge in [0.2, 0.25) is 11.5 Å². The predicted octanol–water partition coefficient (Wildman–Crippen LogP) is 5.51. The van der Waals surface area contributed by atoms with Gasteiger partial charge in [0.05, 0.1) is 21.3 Å². The Kier molecular flexibility index (Phi) is 8.09. The molecule has 0 bridgehead atoms. The van der Waals surface area contributed by atoms with E-state index in [2.05, 4.69) is 0 Å². The van der Waals surface area contributed by atoms with Gasteiger partial charge >= 0.3 is 5.97 Å². The van der Waals surface area contributed by atoms with E-state index in [0.29, 0.717) is 33.9 Å². The van der Waals surface area contributed by atoms with Crippen molar-refractivity contribution in [2.24, 2.45) is 0 Å². The minimum Gasteiger partial charge on any atom is -0.493 e. The highest BCUT2D eigenvalue weighted by Gasteiger charge is 2.25. The second-order valence-corrected chi connectivity index (χ2v) is 7.75. The number of rotatable bonds is 9. The van der Waals surface area contributed by atoms with Gasteiger partial charge in [0.15, 0.2) is 17.6 Å². The number of esters is 1. The van der Waals surface area contributed by atoms with Gasteiger partial charge in [-0.2, -0.15) is 0 Å². The number of ether oxygens (including phenoxy) is 4. The molecule has 0 saturated heterocycles. The number of hydrogen-bond donors (Lipinski definition) is 0. The second-order valence-electron chi connectivity index (χ2n) is 7.75. The van der Waals surface area contributed by atoms with Gasteiger partial charge in [-0.15, -0.1) is 0 Å². The van der Waals surface area contributed by atoms with Gasteiger partial charge in [-0.25, -0.2) is 4.79 Å². The molecule has 0 saturated carbocycles. The Labute approximate surface area is 199 Å². The van der Waals surface area contributed by atoms with Crippen molar-refractivity contribution in [2.45, 2.75) is 20.0 Å². The molecule has 6 heteroatoms. The first kappa shape index (κ1) is 24.6. The molecule has 1 unspecified atom stereocenters. The van der Waals surface area contributed by atoms with Gasteiger partial charge in [-0.05, 0) is 37.6 Å². The Morgan fingerprint density at radius 3 is 1.79 bits per heavy atom. The van der Waals surface area contributed by atoms with E-state index in [0.717, 1.165) is 11.1 Å². The largest absolute Gasteiger partial charge is 0.493 e. The van der Waals surface area contributed by atoms with Crippen LogP contribution < -0.4 is 14.2 Å². The fraction of sp³-hybridized carbons (Fsp3) is 0.214. The Hall–Kier alpha value is -4.06. The van der Waals surface area contributed by atoms with Gasteiger partial charge in [0.25, 0.3) is 0 Å². The minimum absolute atomic E-state index is 0.293. The zero-order valence-corrected chi connectivity index (χ0v) is 20.0. The molecule has 0 spiro atoms. The molecule has 0 radical (unpaired) electrons. The molecular formula is C28H28O6. The standard InChI is InChI=1S/C28H28O6/c1-18-6-11-21(12-7-18)26(30)27(22-13-8-19(2)9-14-22)34-25(29)15-10-20-16-23(31-3)28(33-5)24(17-20)32-4/h6-17,27H,1-5H3. The van der Waals surface area contributed by atoms with Crippen molar-refractivity contribution in [3.8, 4) is 17.2 Å². The molecule has 6 nitrogen and oxygen atoms in total. The molecule has 0 aliphatic carbocycles. The summed E-state index contributed by atoms with van der Waals surface area (Å²) in [5, 5.41) is 0. The molecular weight excluding hydrogens is 432 g/mol. The number of aryl methyl sites for hydroxylation is 2. The summed E-state index contributed by atoms with van der Waals surface area (Å²) in [6, 6.07) is 17.9. The third-order valence-electron chi connectivity index (χ3n) is 5.29. The molecule has 0 aliphatic rings. The smallest absolute Gasteiger partial charge is 0.331 e. The predicted molar refractivity (Wildman–Crippen MR) is 131 cm³/mol. The molecule has 0 N–H and O–H groups in total. The van der Waals surface area contributed by atoms with E-state index in [9.17, 15) is 9.59 Å². The van der Waals surface area contributed by atoms with E-state index < -0.39 is 12.1 Å². The molecule has 3 rings (SSSR count). The first-order valence-corrected chi connectivity index (χ1v) is 10.7. The molecule has 34 heavy (non-hydrogen) atoms. The lowest BCUT2D eigenvalue weighted by Crippen LogP contribution is -2.19. The summed E-state index contributed by atoms with van der Waals surface area (Å²) in [6.07, 6.45) is 1.76. The quantitative estimate of drug-likeness (QED) is 0.238. The molecule has 1 atom stereocenters. The summed E-state index contributed by atoms with van der Waals surface area (Å²) in [7, 11) is 4.55. The Balaban J connectivity index is 1.87. The summed E-state index contributed by atoms with van der Waals surface area (Å²) in [6.45, 7) is 3.90. The molecule has 0 aromatic heterocycles. The van der Waals surface area contributed by atoms with Gasteiger partial charge in [-0.1, -0.05) is 59.7 Å². The maximum atomic E-state index is 13.2. The lowest BCUT2D eigenvalue weighted by molar-refractivity contribution is -0.141. The average Bonchev–Trinajstić information content (AvgIpc) is 2.86. The van der Waals surface area contributed by atoms with Crippen LogP contribution in [0.25, 0.3) is 6.08 Å². The summed E-state index contributed by atoms with van der Waals surface area (Å²) < 4.78 is 21.7. The normalized spacial score (nSPS) is 11.7. The van der Waals surface area contributed by atoms with Gasteiger partial charge in [0.1, 0.15) is 0 Å². The number of Topliss-reactive ketones (excluding diaryl/α,β-unsaturated/α-hetero) is 1. The lowest BCUT2D eigenvalue weighted by atomic mass is 9.98. The number of carbonyl (C=O) groups is 2. The molecule has 3 aromatic rings. The highest BCUT2D eigenvalue weighted by atomic mass is 16.5. The number of benzene rings is 3. The van der Waals surface area contributed by atoms with E-state index in [-0.39, 0.29) is 5.78 Å². The molecule has 176 valence electrons. The van der Waals surface area contributed by atoms with Crippen LogP contribution in [0.4, 0.5) is 0 Å². The Bertz CT molecular complexity index is 1150. The summed E-state index contributed by atoms with van der Waals surface area (Å²) in [5.74, 6) is 0.426. The number of ketones is 1. The van der Waals surface area contributed by atoms with Crippen LogP contribution in [0.3, 0.4) is 0 Å².